The third-order valence-corrected chi connectivity index (χ3v) is 4.83. The first-order valence-electron chi connectivity index (χ1n) is 10.2. The van der Waals surface area contributed by atoms with Gasteiger partial charge in [0.2, 0.25) is 0 Å². The van der Waals surface area contributed by atoms with E-state index in [1.807, 2.05) is 33.1 Å². The summed E-state index contributed by atoms with van der Waals surface area (Å²) in [6.07, 6.45) is 18.6. The van der Waals surface area contributed by atoms with Crippen LogP contribution < -0.4 is 0 Å². The lowest BCUT2D eigenvalue weighted by Crippen LogP contribution is -2.19. The van der Waals surface area contributed by atoms with Crippen LogP contribution >= 0.6 is 0 Å². The molecule has 0 bridgehead atoms. The minimum atomic E-state index is -0.242. The molecule has 0 radical (unpaired) electrons. The molecule has 150 valence electrons. The Hall–Kier alpha value is -1.83. The van der Waals surface area contributed by atoms with Gasteiger partial charge in [0.1, 0.15) is 5.78 Å². The molecule has 0 aromatic carbocycles. The van der Waals surface area contributed by atoms with Gasteiger partial charge in [0, 0.05) is 11.8 Å². The third-order valence-electron chi connectivity index (χ3n) is 4.83. The van der Waals surface area contributed by atoms with Gasteiger partial charge >= 0.3 is 0 Å². The second-order valence-corrected chi connectivity index (χ2v) is 8.84. The molecule has 2 nitrogen and oxygen atoms in total. The molecule has 0 amide bonds. The highest BCUT2D eigenvalue weighted by atomic mass is 16.3. The molecule has 27 heavy (non-hydrogen) atoms. The summed E-state index contributed by atoms with van der Waals surface area (Å²) in [5.74, 6) is 0.861. The summed E-state index contributed by atoms with van der Waals surface area (Å²) in [5, 5.41) is 0. The van der Waals surface area contributed by atoms with Gasteiger partial charge in [-0.2, -0.15) is 0 Å². The van der Waals surface area contributed by atoms with Crippen LogP contribution in [0.5, 0.6) is 0 Å². The molecule has 0 aliphatic heterocycles. The molecule has 1 rings (SSSR count). The molecular formula is C25H38O2. The van der Waals surface area contributed by atoms with Crippen molar-refractivity contribution < 1.29 is 9.21 Å². The van der Waals surface area contributed by atoms with Gasteiger partial charge in [-0.3, -0.25) is 4.79 Å². The van der Waals surface area contributed by atoms with Crippen LogP contribution in [0.2, 0.25) is 0 Å². The lowest BCUT2D eigenvalue weighted by atomic mass is 9.87. The van der Waals surface area contributed by atoms with Gasteiger partial charge in [0.15, 0.2) is 0 Å². The first-order chi connectivity index (χ1) is 12.7. The third kappa shape index (κ3) is 10.8. The van der Waals surface area contributed by atoms with E-state index in [1.54, 1.807) is 6.26 Å². The highest BCUT2D eigenvalue weighted by molar-refractivity contribution is 5.85. The van der Waals surface area contributed by atoms with Crippen LogP contribution in [0.1, 0.15) is 79.2 Å². The molecule has 1 aromatic rings. The number of ketones is 1. The highest BCUT2D eigenvalue weighted by Gasteiger charge is 2.20. The van der Waals surface area contributed by atoms with Gasteiger partial charge in [0.05, 0.1) is 12.5 Å². The molecule has 2 heteroatoms. The fourth-order valence-corrected chi connectivity index (χ4v) is 2.78. The lowest BCUT2D eigenvalue weighted by molar-refractivity contribution is -0.125. The normalized spacial score (nSPS) is 14.7. The lowest BCUT2D eigenvalue weighted by Gasteiger charge is -2.16. The molecule has 0 saturated carbocycles. The second-order valence-electron chi connectivity index (χ2n) is 8.84. The van der Waals surface area contributed by atoms with E-state index in [0.29, 0.717) is 18.1 Å². The monoisotopic (exact) mass is 370 g/mol. The van der Waals surface area contributed by atoms with Crippen molar-refractivity contribution in [3.05, 3.63) is 59.6 Å². The van der Waals surface area contributed by atoms with E-state index in [4.69, 9.17) is 4.42 Å². The van der Waals surface area contributed by atoms with E-state index in [0.717, 1.165) is 32.1 Å². The van der Waals surface area contributed by atoms with Crippen LogP contribution in [0.4, 0.5) is 0 Å². The van der Waals surface area contributed by atoms with Crippen molar-refractivity contribution in [3.8, 4) is 0 Å². The highest BCUT2D eigenvalue weighted by Crippen LogP contribution is 2.20. The number of carbonyl (C=O) groups excluding carboxylic acids is 1. The maximum Gasteiger partial charge on any atom is 0.142 e. The Kier molecular flexibility index (Phi) is 10.1. The summed E-state index contributed by atoms with van der Waals surface area (Å²) < 4.78 is 5.10. The largest absolute Gasteiger partial charge is 0.472 e. The number of hydrogen-bond acceptors (Lipinski definition) is 2. The van der Waals surface area contributed by atoms with Crippen molar-refractivity contribution in [3.63, 3.8) is 0 Å². The van der Waals surface area contributed by atoms with Crippen LogP contribution in [0, 0.1) is 11.3 Å². The van der Waals surface area contributed by atoms with Crippen LogP contribution in [-0.4, -0.2) is 5.78 Å². The Bertz CT molecular complexity index is 636. The fraction of sp³-hybridized carbons (Fsp3) is 0.560. The average Bonchev–Trinajstić information content (AvgIpc) is 3.07. The van der Waals surface area contributed by atoms with Crippen molar-refractivity contribution in [2.45, 2.75) is 80.1 Å². The number of allylic oxidation sites excluding steroid dienone is 6. The molecule has 1 aromatic heterocycles. The van der Waals surface area contributed by atoms with Crippen molar-refractivity contribution in [1.29, 1.82) is 0 Å². The standard InChI is InChI=1S/C25H38O2/c1-20(12-8-14-22(3)18-24(26)25(4,5)6)10-7-11-21(2)13-9-15-23-16-17-27-19-23/h7,10-11,14,16-17,19-20H,8-9,12-13,15,18H2,1-6H3/b10-7-,21-11+,22-14+/t20-/m1/s1. The van der Waals surface area contributed by atoms with Crippen LogP contribution in [0.3, 0.4) is 0 Å². The summed E-state index contributed by atoms with van der Waals surface area (Å²) in [5.41, 5.74) is 3.64. The van der Waals surface area contributed by atoms with E-state index >= 15 is 0 Å². The predicted octanol–water partition coefficient (Wildman–Crippen LogP) is 7.47. The van der Waals surface area contributed by atoms with E-state index in [-0.39, 0.29) is 5.41 Å². The molecule has 0 unspecified atom stereocenters. The minimum Gasteiger partial charge on any atom is -0.472 e. The van der Waals surface area contributed by atoms with E-state index in [9.17, 15) is 4.79 Å². The zero-order valence-electron chi connectivity index (χ0n) is 18.2. The fourth-order valence-electron chi connectivity index (χ4n) is 2.78. The van der Waals surface area contributed by atoms with Crippen molar-refractivity contribution in [2.75, 3.05) is 0 Å². The Morgan fingerprint density at radius 1 is 1.22 bits per heavy atom. The van der Waals surface area contributed by atoms with Crippen molar-refractivity contribution >= 4 is 5.78 Å². The van der Waals surface area contributed by atoms with Crippen LogP contribution in [0.25, 0.3) is 0 Å². The van der Waals surface area contributed by atoms with Gasteiger partial charge in [-0.1, -0.05) is 63.1 Å². The molecule has 0 fully saturated rings. The zero-order chi connectivity index (χ0) is 20.3. The number of hydrogen-bond donors (Lipinski definition) is 0. The molecule has 0 aliphatic rings. The molecular weight excluding hydrogens is 332 g/mol. The van der Waals surface area contributed by atoms with Gasteiger partial charge in [-0.15, -0.1) is 0 Å². The zero-order valence-corrected chi connectivity index (χ0v) is 18.2. The Morgan fingerprint density at radius 3 is 2.59 bits per heavy atom. The number of aryl methyl sites for hydroxylation is 1. The van der Waals surface area contributed by atoms with E-state index in [1.165, 1.54) is 16.7 Å². The molecule has 1 atom stereocenters. The maximum atomic E-state index is 12.1. The smallest absolute Gasteiger partial charge is 0.142 e. The van der Waals surface area contributed by atoms with Gasteiger partial charge in [0.25, 0.3) is 0 Å². The Balaban J connectivity index is 2.26. The van der Waals surface area contributed by atoms with Gasteiger partial charge < -0.3 is 4.42 Å². The average molecular weight is 371 g/mol. The number of carbonyl (C=O) groups is 1. The molecule has 0 saturated heterocycles. The number of Topliss-reactive ketones (excluding diaryl/α,β-unsaturated/α-hetero) is 1. The van der Waals surface area contributed by atoms with Crippen LogP contribution in [0.15, 0.2) is 58.5 Å². The summed E-state index contributed by atoms with van der Waals surface area (Å²) in [4.78, 5) is 12.1. The quantitative estimate of drug-likeness (QED) is 0.299. The van der Waals surface area contributed by atoms with Crippen molar-refractivity contribution in [2.24, 2.45) is 11.3 Å². The second kappa shape index (κ2) is 11.8. The van der Waals surface area contributed by atoms with E-state index < -0.39 is 0 Å². The number of furan rings is 1. The Morgan fingerprint density at radius 2 is 1.96 bits per heavy atom. The SMILES string of the molecule is C/C(=C\C=C/[C@@H](C)CC/C=C(\C)CC(=O)C(C)(C)C)CCCc1ccoc1. The van der Waals surface area contributed by atoms with Gasteiger partial charge in [-0.25, -0.2) is 0 Å². The summed E-state index contributed by atoms with van der Waals surface area (Å²) >= 11 is 0. The molecule has 0 N–H and O–H groups in total. The topological polar surface area (TPSA) is 30.2 Å². The molecule has 0 aliphatic carbocycles. The molecule has 0 spiro atoms. The number of rotatable bonds is 11. The van der Waals surface area contributed by atoms with Crippen molar-refractivity contribution in [1.82, 2.24) is 0 Å². The van der Waals surface area contributed by atoms with Gasteiger partial charge in [-0.05, 0) is 63.5 Å². The first kappa shape index (κ1) is 23.2. The van der Waals surface area contributed by atoms with E-state index in [2.05, 4.69) is 45.1 Å². The maximum absolute atomic E-state index is 12.1. The summed E-state index contributed by atoms with van der Waals surface area (Å²) in [7, 11) is 0. The summed E-state index contributed by atoms with van der Waals surface area (Å²) in [6, 6.07) is 2.04. The summed E-state index contributed by atoms with van der Waals surface area (Å²) in [6.45, 7) is 12.5. The Labute approximate surface area is 166 Å². The minimum absolute atomic E-state index is 0.242. The molecule has 1 heterocycles. The predicted molar refractivity (Wildman–Crippen MR) is 116 cm³/mol. The first-order valence-corrected chi connectivity index (χ1v) is 10.2. The van der Waals surface area contributed by atoms with Crippen LogP contribution in [-0.2, 0) is 11.2 Å².